The van der Waals surface area contributed by atoms with Gasteiger partial charge in [0, 0.05) is 24.7 Å². The Hall–Kier alpha value is -2.82. The molecule has 1 heterocycles. The monoisotopic (exact) mass is 536 g/mol. The summed E-state index contributed by atoms with van der Waals surface area (Å²) >= 11 is 6.02. The second-order valence-electron chi connectivity index (χ2n) is 9.42. The molecule has 0 unspecified atom stereocenters. The fourth-order valence-electron chi connectivity index (χ4n) is 3.78. The number of urea groups is 1. The van der Waals surface area contributed by atoms with E-state index in [1.54, 1.807) is 35.3 Å². The maximum atomic E-state index is 12.6. The SMILES string of the molecule is CCOc1ccc(Cl)cc1C(=O)NCCc1ccc(S(=O)(=O)NC(=O)NN2CCC(C)(C)CC2)cc1. The smallest absolute Gasteiger partial charge is 0.343 e. The van der Waals surface area contributed by atoms with Crippen molar-refractivity contribution < 1.29 is 22.7 Å². The van der Waals surface area contributed by atoms with Crippen LogP contribution < -0.4 is 20.2 Å². The number of rotatable bonds is 9. The van der Waals surface area contributed by atoms with Crippen LogP contribution in [0, 0.1) is 5.41 Å². The van der Waals surface area contributed by atoms with Crippen molar-refractivity contribution in [2.24, 2.45) is 5.41 Å². The Balaban J connectivity index is 1.50. The van der Waals surface area contributed by atoms with E-state index in [4.69, 9.17) is 16.3 Å². The zero-order chi connectivity index (χ0) is 26.3. The van der Waals surface area contributed by atoms with Crippen molar-refractivity contribution >= 4 is 33.6 Å². The fourth-order valence-corrected chi connectivity index (χ4v) is 4.86. The predicted molar refractivity (Wildman–Crippen MR) is 139 cm³/mol. The van der Waals surface area contributed by atoms with Gasteiger partial charge >= 0.3 is 6.03 Å². The Morgan fingerprint density at radius 1 is 1.08 bits per heavy atom. The van der Waals surface area contributed by atoms with E-state index in [9.17, 15) is 18.0 Å². The zero-order valence-electron chi connectivity index (χ0n) is 20.8. The minimum absolute atomic E-state index is 0.0227. The molecule has 1 aliphatic rings. The standard InChI is InChI=1S/C25H33ClN4O5S/c1-4-35-22-10-7-19(26)17-21(22)23(31)27-14-11-18-5-8-20(9-6-18)36(33,34)29-24(32)28-30-15-12-25(2,3)13-16-30/h5-10,17H,4,11-16H2,1-3H3,(H,27,31)(H2,28,29,32). The van der Waals surface area contributed by atoms with E-state index in [1.165, 1.54) is 12.1 Å². The lowest BCUT2D eigenvalue weighted by Crippen LogP contribution is -2.52. The highest BCUT2D eigenvalue weighted by molar-refractivity contribution is 7.90. The molecular formula is C25H33ClN4O5S. The summed E-state index contributed by atoms with van der Waals surface area (Å²) in [4.78, 5) is 24.8. The van der Waals surface area contributed by atoms with Gasteiger partial charge in [0.25, 0.3) is 15.9 Å². The molecule has 0 aliphatic carbocycles. The van der Waals surface area contributed by atoms with Crippen LogP contribution in [0.5, 0.6) is 5.75 Å². The summed E-state index contributed by atoms with van der Waals surface area (Å²) in [5.41, 5.74) is 4.00. The van der Waals surface area contributed by atoms with Gasteiger partial charge in [0.1, 0.15) is 5.75 Å². The normalized spacial score (nSPS) is 15.7. The van der Waals surface area contributed by atoms with Gasteiger partial charge in [-0.3, -0.25) is 10.2 Å². The lowest BCUT2D eigenvalue weighted by atomic mass is 9.83. The molecule has 2 aromatic carbocycles. The molecule has 3 rings (SSSR count). The summed E-state index contributed by atoms with van der Waals surface area (Å²) in [6.45, 7) is 8.25. The van der Waals surface area contributed by atoms with Crippen LogP contribution in [0.25, 0.3) is 0 Å². The van der Waals surface area contributed by atoms with E-state index in [1.807, 2.05) is 6.92 Å². The number of hydrazine groups is 1. The molecule has 1 saturated heterocycles. The van der Waals surface area contributed by atoms with Gasteiger partial charge in [0.05, 0.1) is 17.1 Å². The average Bonchev–Trinajstić information content (AvgIpc) is 2.81. The third-order valence-electron chi connectivity index (χ3n) is 6.02. The fraction of sp³-hybridized carbons (Fsp3) is 0.440. The molecule has 0 radical (unpaired) electrons. The highest BCUT2D eigenvalue weighted by atomic mass is 35.5. The van der Waals surface area contributed by atoms with E-state index in [2.05, 4.69) is 29.3 Å². The number of halogens is 1. The first-order valence-electron chi connectivity index (χ1n) is 11.9. The molecule has 0 atom stereocenters. The molecular weight excluding hydrogens is 504 g/mol. The van der Waals surface area contributed by atoms with Gasteiger partial charge in [-0.15, -0.1) is 0 Å². The van der Waals surface area contributed by atoms with Crippen LogP contribution in [0.4, 0.5) is 4.79 Å². The molecule has 3 N–H and O–H groups in total. The quantitative estimate of drug-likeness (QED) is 0.449. The maximum absolute atomic E-state index is 12.6. The second kappa shape index (κ2) is 11.9. The number of piperidine rings is 1. The molecule has 0 bridgehead atoms. The number of carbonyl (C=O) groups is 2. The van der Waals surface area contributed by atoms with E-state index >= 15 is 0 Å². The van der Waals surface area contributed by atoms with Crippen molar-refractivity contribution in [3.63, 3.8) is 0 Å². The van der Waals surface area contributed by atoms with Crippen molar-refractivity contribution in [2.45, 2.75) is 44.9 Å². The lowest BCUT2D eigenvalue weighted by Gasteiger charge is -2.36. The Bertz CT molecular complexity index is 1180. The number of hydrogen-bond acceptors (Lipinski definition) is 6. The number of ether oxygens (including phenoxy) is 1. The highest BCUT2D eigenvalue weighted by Gasteiger charge is 2.27. The van der Waals surface area contributed by atoms with Crippen LogP contribution in [-0.4, -0.2) is 51.6 Å². The first-order chi connectivity index (χ1) is 17.0. The van der Waals surface area contributed by atoms with Crippen LogP contribution in [0.2, 0.25) is 5.02 Å². The molecule has 196 valence electrons. The summed E-state index contributed by atoms with van der Waals surface area (Å²) in [5.74, 6) is 0.141. The molecule has 9 nitrogen and oxygen atoms in total. The molecule has 0 aromatic heterocycles. The van der Waals surface area contributed by atoms with Crippen LogP contribution in [0.15, 0.2) is 47.4 Å². The highest BCUT2D eigenvalue weighted by Crippen LogP contribution is 2.28. The predicted octanol–water partition coefficient (Wildman–Crippen LogP) is 3.74. The minimum atomic E-state index is -4.02. The molecule has 0 saturated carbocycles. The average molecular weight is 537 g/mol. The van der Waals surface area contributed by atoms with Crippen LogP contribution in [0.3, 0.4) is 0 Å². The van der Waals surface area contributed by atoms with Gasteiger partial charge in [-0.1, -0.05) is 37.6 Å². The van der Waals surface area contributed by atoms with E-state index < -0.39 is 16.1 Å². The molecule has 3 amide bonds. The molecule has 11 heteroatoms. The van der Waals surface area contributed by atoms with Gasteiger partial charge in [-0.2, -0.15) is 0 Å². The third kappa shape index (κ3) is 7.84. The van der Waals surface area contributed by atoms with E-state index in [0.717, 1.165) is 18.4 Å². The lowest BCUT2D eigenvalue weighted by molar-refractivity contribution is 0.0950. The Morgan fingerprint density at radius 3 is 2.39 bits per heavy atom. The molecule has 0 spiro atoms. The Morgan fingerprint density at radius 2 is 1.75 bits per heavy atom. The van der Waals surface area contributed by atoms with Crippen molar-refractivity contribution in [1.82, 2.24) is 20.5 Å². The number of amides is 3. The van der Waals surface area contributed by atoms with Crippen molar-refractivity contribution in [1.29, 1.82) is 0 Å². The largest absolute Gasteiger partial charge is 0.493 e. The number of sulfonamides is 1. The molecule has 2 aromatic rings. The van der Waals surface area contributed by atoms with Crippen molar-refractivity contribution in [3.05, 3.63) is 58.6 Å². The maximum Gasteiger partial charge on any atom is 0.343 e. The minimum Gasteiger partial charge on any atom is -0.493 e. The summed E-state index contributed by atoms with van der Waals surface area (Å²) in [6, 6.07) is 10.2. The van der Waals surface area contributed by atoms with Gasteiger partial charge in [0.2, 0.25) is 0 Å². The Labute approximate surface area is 217 Å². The number of hydrogen-bond donors (Lipinski definition) is 3. The van der Waals surface area contributed by atoms with E-state index in [-0.39, 0.29) is 16.2 Å². The number of nitrogens with one attached hydrogen (secondary N) is 3. The van der Waals surface area contributed by atoms with E-state index in [0.29, 0.717) is 49.0 Å². The number of nitrogens with zero attached hydrogens (tertiary/aromatic N) is 1. The summed E-state index contributed by atoms with van der Waals surface area (Å²) < 4.78 is 32.7. The topological polar surface area (TPSA) is 117 Å². The Kier molecular flexibility index (Phi) is 9.21. The first-order valence-corrected chi connectivity index (χ1v) is 13.7. The third-order valence-corrected chi connectivity index (χ3v) is 7.60. The molecule has 36 heavy (non-hydrogen) atoms. The van der Waals surface area contributed by atoms with Crippen molar-refractivity contribution in [2.75, 3.05) is 26.2 Å². The second-order valence-corrected chi connectivity index (χ2v) is 11.5. The number of carbonyl (C=O) groups excluding carboxylic acids is 2. The van der Waals surface area contributed by atoms with Crippen LogP contribution >= 0.6 is 11.6 Å². The van der Waals surface area contributed by atoms with Gasteiger partial charge in [-0.05, 0) is 67.5 Å². The van der Waals surface area contributed by atoms with Gasteiger partial charge < -0.3 is 10.1 Å². The summed E-state index contributed by atoms with van der Waals surface area (Å²) in [5, 5.41) is 4.99. The first kappa shape index (κ1) is 27.8. The summed E-state index contributed by atoms with van der Waals surface area (Å²) in [6.07, 6.45) is 2.30. The van der Waals surface area contributed by atoms with Crippen molar-refractivity contribution in [3.8, 4) is 5.75 Å². The molecule has 1 aliphatic heterocycles. The van der Waals surface area contributed by atoms with Gasteiger partial charge in [-0.25, -0.2) is 22.9 Å². The molecule has 1 fully saturated rings. The van der Waals surface area contributed by atoms with Crippen LogP contribution in [0.1, 0.15) is 49.5 Å². The zero-order valence-corrected chi connectivity index (χ0v) is 22.3. The van der Waals surface area contributed by atoms with Crippen LogP contribution in [-0.2, 0) is 16.4 Å². The van der Waals surface area contributed by atoms with Gasteiger partial charge in [0.15, 0.2) is 0 Å². The summed E-state index contributed by atoms with van der Waals surface area (Å²) in [7, 11) is -4.02. The number of benzene rings is 2.